The molecule has 8 heteroatoms. The molecule has 7 nitrogen and oxygen atoms in total. The van der Waals surface area contributed by atoms with E-state index >= 15 is 0 Å². The van der Waals surface area contributed by atoms with Crippen molar-refractivity contribution in [3.63, 3.8) is 0 Å². The van der Waals surface area contributed by atoms with Crippen LogP contribution in [0.4, 0.5) is 0 Å². The van der Waals surface area contributed by atoms with Crippen LogP contribution in [0, 0.1) is 23.7 Å². The van der Waals surface area contributed by atoms with Gasteiger partial charge in [0.05, 0.1) is 11.8 Å². The van der Waals surface area contributed by atoms with Gasteiger partial charge in [-0.05, 0) is 42.2 Å². The summed E-state index contributed by atoms with van der Waals surface area (Å²) in [5, 5.41) is 7.86. The zero-order chi connectivity index (χ0) is 22.2. The Bertz CT molecular complexity index is 1080. The van der Waals surface area contributed by atoms with E-state index in [-0.39, 0.29) is 59.5 Å². The topological polar surface area (TPSA) is 89.6 Å². The highest BCUT2D eigenvalue weighted by Crippen LogP contribution is 2.52. The summed E-state index contributed by atoms with van der Waals surface area (Å²) < 4.78 is 0. The molecule has 3 aliphatic rings. The maximum absolute atomic E-state index is 12.8. The molecule has 1 saturated carbocycles. The number of halogens is 1. The number of nitrogens with one attached hydrogen (secondary N) is 3. The lowest BCUT2D eigenvalue weighted by Crippen LogP contribution is -2.44. The van der Waals surface area contributed by atoms with Crippen LogP contribution < -0.4 is 10.6 Å². The molecule has 4 atom stereocenters. The number of allylic oxidation sites excluding steroid dienone is 2. The summed E-state index contributed by atoms with van der Waals surface area (Å²) in [6, 6.07) is 6.44. The predicted octanol–water partition coefficient (Wildman–Crippen LogP) is 2.86. The van der Waals surface area contributed by atoms with E-state index in [1.165, 1.54) is 26.9 Å². The maximum atomic E-state index is 12.8. The van der Waals surface area contributed by atoms with E-state index in [1.54, 1.807) is 7.05 Å². The molecule has 33 heavy (non-hydrogen) atoms. The zero-order valence-corrected chi connectivity index (χ0v) is 21.5. The van der Waals surface area contributed by atoms with Crippen molar-refractivity contribution in [2.45, 2.75) is 26.2 Å². The standard InChI is InChI=1S/C25H31N5O2.HI/c1-3-15-5-4-6-19-18(14-29-22(15)19)9-10-27-25(26-2)28-11-12-30-23(31)20-16-7-8-17(13-16)21(20)24(30)32;/h4-8,14,16-17,20-21,29H,3,9-13H2,1-2H3,(H2,26,27,28);1H. The van der Waals surface area contributed by atoms with E-state index in [0.29, 0.717) is 19.0 Å². The molecule has 4 unspecified atom stereocenters. The fourth-order valence-electron chi connectivity index (χ4n) is 5.78. The Morgan fingerprint density at radius 1 is 1.09 bits per heavy atom. The number of para-hydroxylation sites is 1. The summed E-state index contributed by atoms with van der Waals surface area (Å²) >= 11 is 0. The molecule has 176 valence electrons. The number of fused-ring (bicyclic) bond motifs is 6. The molecule has 2 aliphatic carbocycles. The summed E-state index contributed by atoms with van der Waals surface area (Å²) in [5.74, 6) is 0.956. The Morgan fingerprint density at radius 2 is 1.79 bits per heavy atom. The lowest BCUT2D eigenvalue weighted by molar-refractivity contribution is -0.140. The van der Waals surface area contributed by atoms with E-state index in [4.69, 9.17) is 0 Å². The number of aryl methyl sites for hydroxylation is 1. The minimum absolute atomic E-state index is 0. The highest BCUT2D eigenvalue weighted by Gasteiger charge is 2.58. The van der Waals surface area contributed by atoms with E-state index in [0.717, 1.165) is 25.8 Å². The van der Waals surface area contributed by atoms with Crippen LogP contribution in [-0.4, -0.2) is 54.3 Å². The van der Waals surface area contributed by atoms with Crippen molar-refractivity contribution < 1.29 is 9.59 Å². The number of carbonyl (C=O) groups excluding carboxylic acids is 2. The first kappa shape index (κ1) is 23.8. The molecule has 2 amide bonds. The van der Waals surface area contributed by atoms with Crippen LogP contribution in [0.5, 0.6) is 0 Å². The number of hydrogen-bond acceptors (Lipinski definition) is 3. The Labute approximate surface area is 211 Å². The number of rotatable bonds is 7. The van der Waals surface area contributed by atoms with E-state index in [2.05, 4.69) is 64.1 Å². The highest BCUT2D eigenvalue weighted by molar-refractivity contribution is 14.0. The number of aromatic nitrogens is 1. The Balaban J connectivity index is 0.00000259. The summed E-state index contributed by atoms with van der Waals surface area (Å²) in [7, 11) is 1.73. The molecule has 0 spiro atoms. The molecule has 1 aromatic carbocycles. The number of imide groups is 1. The van der Waals surface area contributed by atoms with Gasteiger partial charge in [-0.2, -0.15) is 0 Å². The molecule has 2 heterocycles. The van der Waals surface area contributed by atoms with Crippen LogP contribution in [0.25, 0.3) is 10.9 Å². The van der Waals surface area contributed by atoms with Crippen LogP contribution in [0.3, 0.4) is 0 Å². The fraction of sp³-hybridized carbons (Fsp3) is 0.480. The first-order valence-electron chi connectivity index (χ1n) is 11.7. The minimum Gasteiger partial charge on any atom is -0.361 e. The molecule has 0 radical (unpaired) electrons. The number of nitrogens with zero attached hydrogens (tertiary/aromatic N) is 2. The number of hydrogen-bond donors (Lipinski definition) is 3. The lowest BCUT2D eigenvalue weighted by Gasteiger charge is -2.18. The number of carbonyl (C=O) groups is 2. The molecule has 3 N–H and O–H groups in total. The average Bonchev–Trinajstić information content (AvgIpc) is 3.57. The second kappa shape index (κ2) is 9.87. The predicted molar refractivity (Wildman–Crippen MR) is 141 cm³/mol. The third kappa shape index (κ3) is 4.18. The van der Waals surface area contributed by atoms with Crippen LogP contribution in [0.2, 0.25) is 0 Å². The second-order valence-corrected chi connectivity index (χ2v) is 9.01. The van der Waals surface area contributed by atoms with Crippen LogP contribution in [-0.2, 0) is 22.4 Å². The summed E-state index contributed by atoms with van der Waals surface area (Å²) in [5.41, 5.74) is 3.83. The number of amides is 2. The summed E-state index contributed by atoms with van der Waals surface area (Å²) in [6.07, 6.45) is 9.18. The number of likely N-dealkylation sites (tertiary alicyclic amines) is 1. The second-order valence-electron chi connectivity index (χ2n) is 9.01. The van der Waals surface area contributed by atoms with Gasteiger partial charge in [0.2, 0.25) is 11.8 Å². The van der Waals surface area contributed by atoms with Gasteiger partial charge in [-0.15, -0.1) is 24.0 Å². The molecule has 2 fully saturated rings. The van der Waals surface area contributed by atoms with E-state index < -0.39 is 0 Å². The molecular formula is C25H32IN5O2. The maximum Gasteiger partial charge on any atom is 0.233 e. The van der Waals surface area contributed by atoms with Gasteiger partial charge in [-0.1, -0.05) is 37.3 Å². The summed E-state index contributed by atoms with van der Waals surface area (Å²) in [4.78, 5) is 34.7. The Kier molecular flexibility index (Phi) is 7.11. The van der Waals surface area contributed by atoms with Crippen molar-refractivity contribution in [2.75, 3.05) is 26.7 Å². The van der Waals surface area contributed by atoms with Gasteiger partial charge < -0.3 is 15.6 Å². The van der Waals surface area contributed by atoms with Gasteiger partial charge in [0, 0.05) is 43.8 Å². The first-order valence-corrected chi connectivity index (χ1v) is 11.7. The first-order chi connectivity index (χ1) is 15.6. The molecule has 1 saturated heterocycles. The monoisotopic (exact) mass is 561 g/mol. The molecule has 2 aromatic rings. The minimum atomic E-state index is -0.126. The molecule has 2 bridgehead atoms. The number of aromatic amines is 1. The average molecular weight is 561 g/mol. The molecule has 1 aromatic heterocycles. The SMILES string of the molecule is CCc1cccc2c(CCNC(=NC)NCCN3C(=O)C4C5C=CC(C5)C4C3=O)c[nH]c12.I. The van der Waals surface area contributed by atoms with Crippen molar-refractivity contribution in [3.05, 3.63) is 47.7 Å². The van der Waals surface area contributed by atoms with Crippen LogP contribution in [0.15, 0.2) is 41.5 Å². The van der Waals surface area contributed by atoms with Gasteiger partial charge in [0.1, 0.15) is 0 Å². The highest BCUT2D eigenvalue weighted by atomic mass is 127. The number of guanidine groups is 1. The fourth-order valence-corrected chi connectivity index (χ4v) is 5.78. The zero-order valence-electron chi connectivity index (χ0n) is 19.1. The van der Waals surface area contributed by atoms with Crippen LogP contribution in [0.1, 0.15) is 24.5 Å². The molecule has 5 rings (SSSR count). The third-order valence-electron chi connectivity index (χ3n) is 7.37. The molecular weight excluding hydrogens is 529 g/mol. The third-order valence-corrected chi connectivity index (χ3v) is 7.37. The lowest BCUT2D eigenvalue weighted by atomic mass is 9.85. The van der Waals surface area contributed by atoms with Crippen molar-refractivity contribution >= 4 is 52.7 Å². The van der Waals surface area contributed by atoms with Crippen molar-refractivity contribution in [3.8, 4) is 0 Å². The molecule has 1 aliphatic heterocycles. The smallest absolute Gasteiger partial charge is 0.233 e. The normalized spacial score (nSPS) is 25.6. The van der Waals surface area contributed by atoms with Crippen molar-refractivity contribution in [2.24, 2.45) is 28.7 Å². The van der Waals surface area contributed by atoms with E-state index in [1.807, 2.05) is 0 Å². The van der Waals surface area contributed by atoms with Gasteiger partial charge >= 0.3 is 0 Å². The summed E-state index contributed by atoms with van der Waals surface area (Å²) in [6.45, 7) is 3.78. The Hall–Kier alpha value is -2.36. The van der Waals surface area contributed by atoms with Gasteiger partial charge in [-0.25, -0.2) is 0 Å². The Morgan fingerprint density at radius 3 is 2.45 bits per heavy atom. The van der Waals surface area contributed by atoms with Gasteiger partial charge in [0.15, 0.2) is 5.96 Å². The largest absolute Gasteiger partial charge is 0.361 e. The van der Waals surface area contributed by atoms with Crippen LogP contribution >= 0.6 is 24.0 Å². The van der Waals surface area contributed by atoms with Crippen molar-refractivity contribution in [1.82, 2.24) is 20.5 Å². The quantitative estimate of drug-likeness (QED) is 0.160. The number of aliphatic imine (C=N–C) groups is 1. The van der Waals surface area contributed by atoms with Gasteiger partial charge in [0.25, 0.3) is 0 Å². The number of H-pyrrole nitrogens is 1. The van der Waals surface area contributed by atoms with E-state index in [9.17, 15) is 9.59 Å². The van der Waals surface area contributed by atoms with Gasteiger partial charge in [-0.3, -0.25) is 19.5 Å². The van der Waals surface area contributed by atoms with Crippen molar-refractivity contribution in [1.29, 1.82) is 0 Å². The number of benzene rings is 1.